The van der Waals surface area contributed by atoms with Gasteiger partial charge in [0.25, 0.3) is 0 Å². The predicted octanol–water partition coefficient (Wildman–Crippen LogP) is 4.44. The van der Waals surface area contributed by atoms with Crippen LogP contribution >= 0.6 is 24.8 Å². The molecule has 25 heavy (non-hydrogen) atoms. The number of rotatable bonds is 9. The van der Waals surface area contributed by atoms with Crippen molar-refractivity contribution in [1.29, 1.82) is 0 Å². The van der Waals surface area contributed by atoms with E-state index in [1.165, 1.54) is 38.9 Å². The van der Waals surface area contributed by atoms with Crippen molar-refractivity contribution in [1.82, 2.24) is 10.2 Å². The van der Waals surface area contributed by atoms with Crippen LogP contribution in [0, 0.1) is 5.92 Å². The molecule has 1 aliphatic rings. The standard InChI is InChI=1S/C20H34N2O.2ClH/c1-17(2)16-19(20(23)18-10-5-3-6-11-18)21-12-9-15-22-13-7-4-8-14-22;;/h3,5-6,10-11,17,19-21,23H,4,7-9,12-16H2,1-2H3;2*1H/t19-,20-;;/m0../s1. The average Bonchev–Trinajstić information content (AvgIpc) is 2.58. The number of likely N-dealkylation sites (tertiary alicyclic amines) is 1. The number of nitrogens with zero attached hydrogens (tertiary/aromatic N) is 1. The highest BCUT2D eigenvalue weighted by atomic mass is 35.5. The number of hydrogen-bond donors (Lipinski definition) is 2. The second-order valence-corrected chi connectivity index (χ2v) is 7.30. The van der Waals surface area contributed by atoms with Crippen molar-refractivity contribution in [3.63, 3.8) is 0 Å². The van der Waals surface area contributed by atoms with Crippen LogP contribution in [0.1, 0.15) is 57.6 Å². The van der Waals surface area contributed by atoms with Crippen LogP contribution in [-0.4, -0.2) is 42.2 Å². The van der Waals surface area contributed by atoms with E-state index in [-0.39, 0.29) is 30.9 Å². The minimum Gasteiger partial charge on any atom is -0.387 e. The van der Waals surface area contributed by atoms with E-state index in [4.69, 9.17) is 0 Å². The molecule has 1 fully saturated rings. The Morgan fingerprint density at radius 3 is 2.28 bits per heavy atom. The zero-order valence-electron chi connectivity index (χ0n) is 15.7. The summed E-state index contributed by atoms with van der Waals surface area (Å²) in [4.78, 5) is 2.58. The number of nitrogens with one attached hydrogen (secondary N) is 1. The molecule has 0 saturated carbocycles. The molecule has 0 radical (unpaired) electrons. The van der Waals surface area contributed by atoms with Gasteiger partial charge in [0, 0.05) is 6.04 Å². The second kappa shape index (κ2) is 13.8. The summed E-state index contributed by atoms with van der Waals surface area (Å²) in [7, 11) is 0. The first kappa shape index (κ1) is 24.7. The molecule has 1 aliphatic heterocycles. The van der Waals surface area contributed by atoms with Crippen LogP contribution in [0.25, 0.3) is 0 Å². The molecule has 2 rings (SSSR count). The highest BCUT2D eigenvalue weighted by molar-refractivity contribution is 5.85. The Morgan fingerprint density at radius 2 is 1.68 bits per heavy atom. The zero-order chi connectivity index (χ0) is 16.5. The van der Waals surface area contributed by atoms with Gasteiger partial charge in [-0.2, -0.15) is 0 Å². The Bertz CT molecular complexity index is 425. The van der Waals surface area contributed by atoms with Crippen LogP contribution in [0.3, 0.4) is 0 Å². The Balaban J connectivity index is 0.00000288. The van der Waals surface area contributed by atoms with Crippen LogP contribution < -0.4 is 5.32 Å². The number of aliphatic hydroxyl groups is 1. The maximum Gasteiger partial charge on any atom is 0.0943 e. The summed E-state index contributed by atoms with van der Waals surface area (Å²) in [5.74, 6) is 0.577. The monoisotopic (exact) mass is 390 g/mol. The largest absolute Gasteiger partial charge is 0.387 e. The fraction of sp³-hybridized carbons (Fsp3) is 0.700. The average molecular weight is 391 g/mol. The number of benzene rings is 1. The number of halogens is 2. The van der Waals surface area contributed by atoms with Gasteiger partial charge in [-0.25, -0.2) is 0 Å². The summed E-state index contributed by atoms with van der Waals surface area (Å²) in [5.41, 5.74) is 1.02. The van der Waals surface area contributed by atoms with Crippen molar-refractivity contribution in [3.05, 3.63) is 35.9 Å². The summed E-state index contributed by atoms with van der Waals surface area (Å²) >= 11 is 0. The topological polar surface area (TPSA) is 35.5 Å². The molecule has 1 aromatic rings. The van der Waals surface area contributed by atoms with Crippen molar-refractivity contribution < 1.29 is 5.11 Å². The molecule has 3 nitrogen and oxygen atoms in total. The van der Waals surface area contributed by atoms with Crippen molar-refractivity contribution >= 4 is 24.8 Å². The van der Waals surface area contributed by atoms with Gasteiger partial charge < -0.3 is 15.3 Å². The first-order chi connectivity index (χ1) is 11.2. The molecular formula is C20H36Cl2N2O. The summed E-state index contributed by atoms with van der Waals surface area (Å²) in [6.45, 7) is 9.14. The van der Waals surface area contributed by atoms with Crippen LogP contribution in [0.5, 0.6) is 0 Å². The van der Waals surface area contributed by atoms with E-state index in [1.807, 2.05) is 30.3 Å². The second-order valence-electron chi connectivity index (χ2n) is 7.30. The van der Waals surface area contributed by atoms with Crippen LogP contribution in [0.4, 0.5) is 0 Å². The maximum atomic E-state index is 10.7. The third kappa shape index (κ3) is 9.25. The van der Waals surface area contributed by atoms with Gasteiger partial charge in [-0.05, 0) is 63.3 Å². The Kier molecular flexibility index (Phi) is 13.7. The summed E-state index contributed by atoms with van der Waals surface area (Å²) in [6.07, 6.45) is 5.85. The lowest BCUT2D eigenvalue weighted by Gasteiger charge is -2.28. The van der Waals surface area contributed by atoms with Gasteiger partial charge in [-0.3, -0.25) is 0 Å². The van der Waals surface area contributed by atoms with Crippen LogP contribution in [-0.2, 0) is 0 Å². The normalized spacial score (nSPS) is 17.4. The molecule has 1 saturated heterocycles. The van der Waals surface area contributed by atoms with Crippen molar-refractivity contribution in [2.75, 3.05) is 26.2 Å². The summed E-state index contributed by atoms with van der Waals surface area (Å²) < 4.78 is 0. The molecule has 5 heteroatoms. The molecule has 2 N–H and O–H groups in total. The van der Waals surface area contributed by atoms with Gasteiger partial charge in [0.1, 0.15) is 0 Å². The minimum absolute atomic E-state index is 0. The zero-order valence-corrected chi connectivity index (χ0v) is 17.3. The fourth-order valence-corrected chi connectivity index (χ4v) is 3.49. The lowest BCUT2D eigenvalue weighted by molar-refractivity contribution is 0.115. The molecule has 0 bridgehead atoms. The molecule has 0 amide bonds. The molecule has 0 spiro atoms. The molecular weight excluding hydrogens is 355 g/mol. The van der Waals surface area contributed by atoms with Crippen molar-refractivity contribution in [2.24, 2.45) is 5.92 Å². The molecule has 1 aromatic carbocycles. The van der Waals surface area contributed by atoms with Gasteiger partial charge in [-0.15, -0.1) is 24.8 Å². The van der Waals surface area contributed by atoms with Gasteiger partial charge in [0.05, 0.1) is 6.10 Å². The maximum absolute atomic E-state index is 10.7. The third-order valence-electron chi connectivity index (χ3n) is 4.75. The lowest BCUT2D eigenvalue weighted by atomic mass is 9.94. The van der Waals surface area contributed by atoms with E-state index < -0.39 is 6.10 Å². The van der Waals surface area contributed by atoms with Crippen molar-refractivity contribution in [3.8, 4) is 0 Å². The summed E-state index contributed by atoms with van der Waals surface area (Å²) in [6, 6.07) is 10.2. The van der Waals surface area contributed by atoms with Gasteiger partial charge >= 0.3 is 0 Å². The van der Waals surface area contributed by atoms with Crippen LogP contribution in [0.15, 0.2) is 30.3 Å². The Morgan fingerprint density at radius 1 is 1.04 bits per heavy atom. The Labute approximate surface area is 166 Å². The SMILES string of the molecule is CC(C)C[C@H](NCCCN1CCCCC1)[C@@H](O)c1ccccc1.Cl.Cl. The van der Waals surface area contributed by atoms with E-state index >= 15 is 0 Å². The molecule has 146 valence electrons. The van der Waals surface area contributed by atoms with Crippen LogP contribution in [0.2, 0.25) is 0 Å². The number of piperidine rings is 1. The third-order valence-corrected chi connectivity index (χ3v) is 4.75. The van der Waals surface area contributed by atoms with Gasteiger partial charge in [0.15, 0.2) is 0 Å². The van der Waals surface area contributed by atoms with Gasteiger partial charge in [-0.1, -0.05) is 50.6 Å². The smallest absolute Gasteiger partial charge is 0.0943 e. The predicted molar refractivity (Wildman–Crippen MR) is 112 cm³/mol. The fourth-order valence-electron chi connectivity index (χ4n) is 3.49. The van der Waals surface area contributed by atoms with E-state index in [1.54, 1.807) is 0 Å². The first-order valence-electron chi connectivity index (χ1n) is 9.35. The molecule has 2 atom stereocenters. The molecule has 0 aromatic heterocycles. The highest BCUT2D eigenvalue weighted by Crippen LogP contribution is 2.21. The Hall–Kier alpha value is -0.320. The van der Waals surface area contributed by atoms with E-state index in [2.05, 4.69) is 24.1 Å². The minimum atomic E-state index is -0.423. The van der Waals surface area contributed by atoms with Gasteiger partial charge in [0.2, 0.25) is 0 Å². The number of aliphatic hydroxyl groups excluding tert-OH is 1. The first-order valence-corrected chi connectivity index (χ1v) is 9.35. The lowest BCUT2D eigenvalue weighted by Crippen LogP contribution is -2.38. The molecule has 0 unspecified atom stereocenters. The van der Waals surface area contributed by atoms with E-state index in [9.17, 15) is 5.11 Å². The highest BCUT2D eigenvalue weighted by Gasteiger charge is 2.21. The number of hydrogen-bond acceptors (Lipinski definition) is 3. The van der Waals surface area contributed by atoms with E-state index in [0.717, 1.165) is 24.9 Å². The quantitative estimate of drug-likeness (QED) is 0.611. The summed E-state index contributed by atoms with van der Waals surface area (Å²) in [5, 5.41) is 14.3. The molecule has 0 aliphatic carbocycles. The van der Waals surface area contributed by atoms with E-state index in [0.29, 0.717) is 5.92 Å². The molecule has 1 heterocycles. The van der Waals surface area contributed by atoms with Crippen molar-refractivity contribution in [2.45, 2.75) is 58.1 Å².